The Labute approximate surface area is 98.9 Å². The zero-order valence-electron chi connectivity index (χ0n) is 10.4. The number of hydrogen-bond acceptors (Lipinski definition) is 2. The molecule has 1 rings (SSSR count). The van der Waals surface area contributed by atoms with Crippen molar-refractivity contribution in [1.29, 1.82) is 0 Å². The summed E-state index contributed by atoms with van der Waals surface area (Å²) in [6.07, 6.45) is 2.91. The molecule has 0 aliphatic carbocycles. The van der Waals surface area contributed by atoms with Gasteiger partial charge >= 0.3 is 0 Å². The number of nitrogens with zero attached hydrogens (tertiary/aromatic N) is 1. The number of likely N-dealkylation sites (N-methyl/N-ethyl adjacent to an activating group) is 1. The van der Waals surface area contributed by atoms with Gasteiger partial charge in [0.2, 0.25) is 0 Å². The third kappa shape index (κ3) is 5.89. The van der Waals surface area contributed by atoms with E-state index in [0.29, 0.717) is 0 Å². The molecule has 1 aromatic rings. The molecule has 0 spiro atoms. The van der Waals surface area contributed by atoms with Gasteiger partial charge in [0.15, 0.2) is 0 Å². The predicted molar refractivity (Wildman–Crippen MR) is 68.6 cm³/mol. The fraction of sp³-hybridized carbons (Fsp3) is 0.571. The first kappa shape index (κ1) is 13.2. The summed E-state index contributed by atoms with van der Waals surface area (Å²) in [5.74, 6) is 0. The van der Waals surface area contributed by atoms with Crippen LogP contribution in [0.1, 0.15) is 25.3 Å². The Hall–Kier alpha value is -0.860. The van der Waals surface area contributed by atoms with E-state index in [9.17, 15) is 0 Å². The van der Waals surface area contributed by atoms with Crippen molar-refractivity contribution in [2.45, 2.75) is 32.3 Å². The van der Waals surface area contributed by atoms with Gasteiger partial charge in [-0.3, -0.25) is 0 Å². The Morgan fingerprint density at radius 2 is 1.88 bits per heavy atom. The lowest BCUT2D eigenvalue weighted by Crippen LogP contribution is -2.23. The van der Waals surface area contributed by atoms with Crippen LogP contribution in [0.15, 0.2) is 30.3 Å². The van der Waals surface area contributed by atoms with E-state index >= 15 is 0 Å². The summed E-state index contributed by atoms with van der Waals surface area (Å²) in [7, 11) is 2.14. The molecule has 0 heterocycles. The van der Waals surface area contributed by atoms with E-state index in [2.05, 4.69) is 42.3 Å². The minimum atomic E-state index is -0.164. The van der Waals surface area contributed by atoms with E-state index in [0.717, 1.165) is 32.4 Å². The minimum Gasteiger partial charge on any atom is -0.393 e. The maximum absolute atomic E-state index is 9.15. The van der Waals surface area contributed by atoms with Crippen LogP contribution in [0.25, 0.3) is 0 Å². The highest BCUT2D eigenvalue weighted by atomic mass is 16.3. The van der Waals surface area contributed by atoms with Gasteiger partial charge in [-0.2, -0.15) is 0 Å². The Bertz CT molecular complexity index is 271. The maximum Gasteiger partial charge on any atom is 0.0512 e. The molecule has 2 heteroatoms. The maximum atomic E-state index is 9.15. The van der Waals surface area contributed by atoms with Crippen molar-refractivity contribution in [2.75, 3.05) is 20.1 Å². The molecule has 1 N–H and O–H groups in total. The topological polar surface area (TPSA) is 23.5 Å². The number of hydrogen-bond donors (Lipinski definition) is 1. The van der Waals surface area contributed by atoms with Gasteiger partial charge in [0.25, 0.3) is 0 Å². The molecular formula is C14H23NO. The minimum absolute atomic E-state index is 0.164. The van der Waals surface area contributed by atoms with E-state index in [1.165, 1.54) is 5.56 Å². The largest absolute Gasteiger partial charge is 0.393 e. The summed E-state index contributed by atoms with van der Waals surface area (Å²) in [4.78, 5) is 2.33. The van der Waals surface area contributed by atoms with Crippen LogP contribution >= 0.6 is 0 Å². The molecule has 1 unspecified atom stereocenters. The summed E-state index contributed by atoms with van der Waals surface area (Å²) < 4.78 is 0. The molecule has 0 saturated carbocycles. The van der Waals surface area contributed by atoms with Crippen LogP contribution in [0.2, 0.25) is 0 Å². The Kier molecular flexibility index (Phi) is 6.12. The molecule has 2 nitrogen and oxygen atoms in total. The van der Waals surface area contributed by atoms with Gasteiger partial charge in [-0.1, -0.05) is 30.3 Å². The van der Waals surface area contributed by atoms with Gasteiger partial charge in [0.05, 0.1) is 6.10 Å². The van der Waals surface area contributed by atoms with Crippen LogP contribution in [-0.2, 0) is 6.42 Å². The lowest BCUT2D eigenvalue weighted by Gasteiger charge is -2.16. The average molecular weight is 221 g/mol. The molecule has 0 aliphatic heterocycles. The second-order valence-corrected chi connectivity index (χ2v) is 4.53. The molecule has 0 fully saturated rings. The van der Waals surface area contributed by atoms with E-state index in [-0.39, 0.29) is 6.10 Å². The van der Waals surface area contributed by atoms with Crippen molar-refractivity contribution in [2.24, 2.45) is 0 Å². The Morgan fingerprint density at radius 3 is 2.50 bits per heavy atom. The van der Waals surface area contributed by atoms with E-state index in [1.54, 1.807) is 0 Å². The lowest BCUT2D eigenvalue weighted by atomic mass is 10.1. The number of rotatable bonds is 7. The molecular weight excluding hydrogens is 198 g/mol. The number of benzene rings is 1. The predicted octanol–water partition coefficient (Wildman–Crippen LogP) is 2.32. The summed E-state index contributed by atoms with van der Waals surface area (Å²) in [5.41, 5.74) is 1.39. The molecule has 0 aliphatic rings. The second-order valence-electron chi connectivity index (χ2n) is 4.53. The highest BCUT2D eigenvalue weighted by Gasteiger charge is 2.01. The van der Waals surface area contributed by atoms with Gasteiger partial charge in [-0.25, -0.2) is 0 Å². The van der Waals surface area contributed by atoms with Crippen molar-refractivity contribution in [3.63, 3.8) is 0 Å². The SMILES string of the molecule is CC(O)CCCN(C)CCc1ccccc1. The summed E-state index contributed by atoms with van der Waals surface area (Å²) in [6, 6.07) is 10.6. The summed E-state index contributed by atoms with van der Waals surface area (Å²) in [5, 5.41) is 9.15. The van der Waals surface area contributed by atoms with Crippen LogP contribution in [0, 0.1) is 0 Å². The monoisotopic (exact) mass is 221 g/mol. The zero-order valence-corrected chi connectivity index (χ0v) is 10.4. The van der Waals surface area contributed by atoms with Crippen molar-refractivity contribution >= 4 is 0 Å². The van der Waals surface area contributed by atoms with Crippen molar-refractivity contribution in [1.82, 2.24) is 4.90 Å². The van der Waals surface area contributed by atoms with Crippen LogP contribution in [-0.4, -0.2) is 36.2 Å². The molecule has 0 radical (unpaired) electrons. The fourth-order valence-corrected chi connectivity index (χ4v) is 1.73. The van der Waals surface area contributed by atoms with Gasteiger partial charge < -0.3 is 10.0 Å². The Balaban J connectivity index is 2.13. The average Bonchev–Trinajstić information content (AvgIpc) is 2.27. The molecule has 16 heavy (non-hydrogen) atoms. The standard InChI is InChI=1S/C14H23NO/c1-13(16)7-6-11-15(2)12-10-14-8-4-3-5-9-14/h3-5,8-9,13,16H,6-7,10-12H2,1-2H3. The van der Waals surface area contributed by atoms with E-state index in [1.807, 2.05) is 6.92 Å². The molecule has 0 amide bonds. The van der Waals surface area contributed by atoms with Gasteiger partial charge in [-0.05, 0) is 45.3 Å². The van der Waals surface area contributed by atoms with Crippen molar-refractivity contribution in [3.8, 4) is 0 Å². The molecule has 90 valence electrons. The first-order valence-corrected chi connectivity index (χ1v) is 6.09. The third-order valence-electron chi connectivity index (χ3n) is 2.79. The van der Waals surface area contributed by atoms with Crippen LogP contribution in [0.3, 0.4) is 0 Å². The molecule has 0 aromatic heterocycles. The highest BCUT2D eigenvalue weighted by molar-refractivity contribution is 5.14. The molecule has 1 atom stereocenters. The van der Waals surface area contributed by atoms with Gasteiger partial charge in [-0.15, -0.1) is 0 Å². The van der Waals surface area contributed by atoms with Gasteiger partial charge in [0.1, 0.15) is 0 Å². The van der Waals surface area contributed by atoms with Crippen LogP contribution in [0.5, 0.6) is 0 Å². The summed E-state index contributed by atoms with van der Waals surface area (Å²) in [6.45, 7) is 4.01. The number of aliphatic hydroxyl groups excluding tert-OH is 1. The normalized spacial score (nSPS) is 13.0. The van der Waals surface area contributed by atoms with Crippen molar-refractivity contribution in [3.05, 3.63) is 35.9 Å². The molecule has 0 saturated heterocycles. The second kappa shape index (κ2) is 7.42. The highest BCUT2D eigenvalue weighted by Crippen LogP contribution is 2.02. The molecule has 1 aromatic carbocycles. The zero-order chi connectivity index (χ0) is 11.8. The van der Waals surface area contributed by atoms with E-state index < -0.39 is 0 Å². The third-order valence-corrected chi connectivity index (χ3v) is 2.79. The van der Waals surface area contributed by atoms with Crippen LogP contribution < -0.4 is 0 Å². The van der Waals surface area contributed by atoms with E-state index in [4.69, 9.17) is 5.11 Å². The summed E-state index contributed by atoms with van der Waals surface area (Å²) >= 11 is 0. The van der Waals surface area contributed by atoms with Gasteiger partial charge in [0, 0.05) is 6.54 Å². The first-order valence-electron chi connectivity index (χ1n) is 6.09. The quantitative estimate of drug-likeness (QED) is 0.764. The van der Waals surface area contributed by atoms with Crippen molar-refractivity contribution < 1.29 is 5.11 Å². The number of aliphatic hydroxyl groups is 1. The first-order chi connectivity index (χ1) is 7.68. The fourth-order valence-electron chi connectivity index (χ4n) is 1.73. The van der Waals surface area contributed by atoms with Crippen LogP contribution in [0.4, 0.5) is 0 Å². The Morgan fingerprint density at radius 1 is 1.19 bits per heavy atom. The molecule has 0 bridgehead atoms. The lowest BCUT2D eigenvalue weighted by molar-refractivity contribution is 0.174. The smallest absolute Gasteiger partial charge is 0.0512 e.